The van der Waals surface area contributed by atoms with Gasteiger partial charge in [-0.15, -0.1) is 0 Å². The highest BCUT2D eigenvalue weighted by atomic mass is 35.5. The lowest BCUT2D eigenvalue weighted by atomic mass is 9.99. The second kappa shape index (κ2) is 6.20. The normalized spacial score (nSPS) is 17.1. The average Bonchev–Trinajstić information content (AvgIpc) is 2.38. The summed E-state index contributed by atoms with van der Waals surface area (Å²) in [6, 6.07) is 4.48. The van der Waals surface area contributed by atoms with Crippen LogP contribution in [0.3, 0.4) is 0 Å². The Labute approximate surface area is 117 Å². The number of carbonyl (C=O) groups is 1. The number of piperidine rings is 1. The minimum absolute atomic E-state index is 0.0776. The van der Waals surface area contributed by atoms with Crippen LogP contribution in [-0.2, 0) is 4.79 Å². The topological polar surface area (TPSA) is 20.3 Å². The molecule has 0 atom stereocenters. The molecule has 0 unspecified atom stereocenters. The van der Waals surface area contributed by atoms with E-state index in [9.17, 15) is 9.18 Å². The fraction of sp³-hybridized carbons (Fsp3) is 0.400. The van der Waals surface area contributed by atoms with Gasteiger partial charge >= 0.3 is 0 Å². The van der Waals surface area contributed by atoms with E-state index in [0.717, 1.165) is 25.9 Å². The molecule has 1 aromatic rings. The zero-order chi connectivity index (χ0) is 13.8. The van der Waals surface area contributed by atoms with Crippen molar-refractivity contribution in [2.45, 2.75) is 19.8 Å². The van der Waals surface area contributed by atoms with Gasteiger partial charge in [-0.1, -0.05) is 24.6 Å². The molecule has 1 heterocycles. The number of likely N-dealkylation sites (tertiary alicyclic amines) is 1. The maximum Gasteiger partial charge on any atom is 0.246 e. The Bertz CT molecular complexity index is 473. The van der Waals surface area contributed by atoms with E-state index in [1.165, 1.54) is 18.2 Å². The Morgan fingerprint density at radius 3 is 2.74 bits per heavy atom. The molecule has 0 aliphatic carbocycles. The molecular weight excluding hydrogens is 265 g/mol. The standard InChI is InChI=1S/C15H17ClFNO/c1-11-7-9-18(10-8-11)15(19)6-5-12-13(16)3-2-4-14(12)17/h2-6,11H,7-10H2,1H3. The first-order valence-corrected chi connectivity index (χ1v) is 6.86. The number of carbonyl (C=O) groups excluding carboxylic acids is 1. The van der Waals surface area contributed by atoms with Crippen molar-refractivity contribution in [1.29, 1.82) is 0 Å². The summed E-state index contributed by atoms with van der Waals surface area (Å²) in [6.45, 7) is 3.74. The Kier molecular flexibility index (Phi) is 4.59. The van der Waals surface area contributed by atoms with Crippen LogP contribution in [0.25, 0.3) is 6.08 Å². The zero-order valence-electron chi connectivity index (χ0n) is 10.9. The van der Waals surface area contributed by atoms with E-state index < -0.39 is 5.82 Å². The molecule has 0 bridgehead atoms. The quantitative estimate of drug-likeness (QED) is 0.756. The minimum atomic E-state index is -0.413. The molecule has 1 aromatic carbocycles. The maximum atomic E-state index is 13.5. The molecule has 2 nitrogen and oxygen atoms in total. The molecule has 1 aliphatic heterocycles. The SMILES string of the molecule is CC1CCN(C(=O)C=Cc2c(F)cccc2Cl)CC1. The van der Waals surface area contributed by atoms with E-state index in [0.29, 0.717) is 10.9 Å². The maximum absolute atomic E-state index is 13.5. The van der Waals surface area contributed by atoms with E-state index in [4.69, 9.17) is 11.6 Å². The Hall–Kier alpha value is -1.35. The van der Waals surface area contributed by atoms with Crippen LogP contribution in [0.4, 0.5) is 4.39 Å². The van der Waals surface area contributed by atoms with Crippen molar-refractivity contribution in [2.75, 3.05) is 13.1 Å². The third kappa shape index (κ3) is 3.57. The van der Waals surface area contributed by atoms with Crippen molar-refractivity contribution < 1.29 is 9.18 Å². The summed E-state index contributed by atoms with van der Waals surface area (Å²) in [5, 5.41) is 0.316. The third-order valence-electron chi connectivity index (χ3n) is 3.49. The monoisotopic (exact) mass is 281 g/mol. The van der Waals surface area contributed by atoms with Gasteiger partial charge in [-0.2, -0.15) is 0 Å². The van der Waals surface area contributed by atoms with Gasteiger partial charge in [-0.3, -0.25) is 4.79 Å². The van der Waals surface area contributed by atoms with Crippen molar-refractivity contribution >= 4 is 23.6 Å². The molecule has 19 heavy (non-hydrogen) atoms. The van der Waals surface area contributed by atoms with Crippen LogP contribution in [-0.4, -0.2) is 23.9 Å². The molecule has 1 saturated heterocycles. The minimum Gasteiger partial charge on any atom is -0.339 e. The van der Waals surface area contributed by atoms with Gasteiger partial charge in [0, 0.05) is 24.7 Å². The predicted octanol–water partition coefficient (Wildman–Crippen LogP) is 3.75. The largest absolute Gasteiger partial charge is 0.339 e. The zero-order valence-corrected chi connectivity index (χ0v) is 11.7. The summed E-state index contributed by atoms with van der Waals surface area (Å²) < 4.78 is 13.5. The van der Waals surface area contributed by atoms with E-state index >= 15 is 0 Å². The number of benzene rings is 1. The molecule has 1 amide bonds. The summed E-state index contributed by atoms with van der Waals surface area (Å²) in [5.41, 5.74) is 0.267. The highest BCUT2D eigenvalue weighted by Crippen LogP contribution is 2.21. The van der Waals surface area contributed by atoms with Gasteiger partial charge in [0.25, 0.3) is 0 Å². The first-order valence-electron chi connectivity index (χ1n) is 6.49. The smallest absolute Gasteiger partial charge is 0.246 e. The lowest BCUT2D eigenvalue weighted by molar-refractivity contribution is -0.127. The molecule has 1 fully saturated rings. The molecule has 0 radical (unpaired) electrons. The second-order valence-electron chi connectivity index (χ2n) is 4.98. The Morgan fingerprint density at radius 2 is 2.11 bits per heavy atom. The van der Waals surface area contributed by atoms with Crippen LogP contribution in [0.15, 0.2) is 24.3 Å². The van der Waals surface area contributed by atoms with Crippen LogP contribution in [0.1, 0.15) is 25.3 Å². The van der Waals surface area contributed by atoms with Gasteiger partial charge in [0.2, 0.25) is 5.91 Å². The van der Waals surface area contributed by atoms with Crippen molar-refractivity contribution in [3.63, 3.8) is 0 Å². The van der Waals surface area contributed by atoms with Crippen LogP contribution in [0, 0.1) is 11.7 Å². The molecule has 0 saturated carbocycles. The van der Waals surface area contributed by atoms with Gasteiger partial charge < -0.3 is 4.90 Å². The van der Waals surface area contributed by atoms with Gasteiger partial charge in [0.15, 0.2) is 0 Å². The Morgan fingerprint density at radius 1 is 1.42 bits per heavy atom. The highest BCUT2D eigenvalue weighted by Gasteiger charge is 2.18. The number of nitrogens with zero attached hydrogens (tertiary/aromatic N) is 1. The molecular formula is C15H17ClFNO. The number of halogens is 2. The van der Waals surface area contributed by atoms with E-state index in [1.807, 2.05) is 0 Å². The fourth-order valence-electron chi connectivity index (χ4n) is 2.16. The van der Waals surface area contributed by atoms with Crippen molar-refractivity contribution in [1.82, 2.24) is 4.90 Å². The Balaban J connectivity index is 2.04. The third-order valence-corrected chi connectivity index (χ3v) is 3.82. The summed E-state index contributed by atoms with van der Waals surface area (Å²) in [7, 11) is 0. The van der Waals surface area contributed by atoms with Crippen LogP contribution >= 0.6 is 11.6 Å². The number of rotatable bonds is 2. The van der Waals surface area contributed by atoms with Gasteiger partial charge in [-0.05, 0) is 37.0 Å². The summed E-state index contributed by atoms with van der Waals surface area (Å²) in [6.07, 6.45) is 4.92. The molecule has 0 aromatic heterocycles. The van der Waals surface area contributed by atoms with Gasteiger partial charge in [-0.25, -0.2) is 4.39 Å². The summed E-state index contributed by atoms with van der Waals surface area (Å²) in [5.74, 6) is 0.184. The first kappa shape index (κ1) is 14.1. The predicted molar refractivity (Wildman–Crippen MR) is 75.4 cm³/mol. The van der Waals surface area contributed by atoms with Crippen LogP contribution < -0.4 is 0 Å². The van der Waals surface area contributed by atoms with Crippen LogP contribution in [0.2, 0.25) is 5.02 Å². The lowest BCUT2D eigenvalue weighted by Gasteiger charge is -2.29. The molecule has 102 valence electrons. The summed E-state index contributed by atoms with van der Waals surface area (Å²) in [4.78, 5) is 13.8. The molecule has 0 spiro atoms. The van der Waals surface area contributed by atoms with Gasteiger partial charge in [0.1, 0.15) is 5.82 Å². The average molecular weight is 282 g/mol. The van der Waals surface area contributed by atoms with Crippen molar-refractivity contribution in [2.24, 2.45) is 5.92 Å². The lowest BCUT2D eigenvalue weighted by Crippen LogP contribution is -2.36. The number of hydrogen-bond donors (Lipinski definition) is 0. The highest BCUT2D eigenvalue weighted by molar-refractivity contribution is 6.32. The van der Waals surface area contributed by atoms with E-state index in [2.05, 4.69) is 6.92 Å². The number of amides is 1. The number of hydrogen-bond acceptors (Lipinski definition) is 1. The molecule has 0 N–H and O–H groups in total. The first-order chi connectivity index (χ1) is 9.08. The second-order valence-corrected chi connectivity index (χ2v) is 5.38. The van der Waals surface area contributed by atoms with Crippen LogP contribution in [0.5, 0.6) is 0 Å². The van der Waals surface area contributed by atoms with Crippen molar-refractivity contribution in [3.05, 3.63) is 40.7 Å². The summed E-state index contributed by atoms with van der Waals surface area (Å²) >= 11 is 5.90. The molecule has 4 heteroatoms. The van der Waals surface area contributed by atoms with Crippen molar-refractivity contribution in [3.8, 4) is 0 Å². The fourth-order valence-corrected chi connectivity index (χ4v) is 2.38. The van der Waals surface area contributed by atoms with E-state index in [1.54, 1.807) is 17.0 Å². The molecule has 2 rings (SSSR count). The molecule has 1 aliphatic rings. The van der Waals surface area contributed by atoms with Gasteiger partial charge in [0.05, 0.1) is 5.02 Å². The van der Waals surface area contributed by atoms with E-state index in [-0.39, 0.29) is 11.5 Å².